The van der Waals surface area contributed by atoms with Crippen LogP contribution in [0.5, 0.6) is 17.2 Å². The first-order chi connectivity index (χ1) is 13.8. The summed E-state index contributed by atoms with van der Waals surface area (Å²) < 4.78 is 17.0. The van der Waals surface area contributed by atoms with Crippen molar-refractivity contribution in [2.45, 2.75) is 26.3 Å². The van der Waals surface area contributed by atoms with Gasteiger partial charge in [-0.15, -0.1) is 0 Å². The smallest absolute Gasteiger partial charge is 0.161 e. The van der Waals surface area contributed by atoms with E-state index in [9.17, 15) is 0 Å². The van der Waals surface area contributed by atoms with Crippen LogP contribution in [0.15, 0.2) is 42.5 Å². The van der Waals surface area contributed by atoms with Gasteiger partial charge in [0, 0.05) is 19.6 Å². The lowest BCUT2D eigenvalue weighted by molar-refractivity contribution is 0.239. The normalized spacial score (nSPS) is 16.2. The molecule has 1 atom stereocenters. The van der Waals surface area contributed by atoms with Gasteiger partial charge in [-0.05, 0) is 62.2 Å². The Bertz CT molecular complexity index is 725. The van der Waals surface area contributed by atoms with Crippen molar-refractivity contribution >= 4 is 0 Å². The number of rotatable bonds is 8. The molecule has 5 nitrogen and oxygen atoms in total. The number of ether oxygens (including phenoxy) is 3. The van der Waals surface area contributed by atoms with Crippen LogP contribution in [0.25, 0.3) is 0 Å². The van der Waals surface area contributed by atoms with Crippen LogP contribution < -0.4 is 19.5 Å². The monoisotopic (exact) mass is 384 g/mol. The molecule has 2 aromatic rings. The van der Waals surface area contributed by atoms with Gasteiger partial charge in [-0.1, -0.05) is 18.2 Å². The first-order valence-electron chi connectivity index (χ1n) is 10.2. The lowest BCUT2D eigenvalue weighted by Gasteiger charge is -2.32. The van der Waals surface area contributed by atoms with Gasteiger partial charge in [-0.25, -0.2) is 0 Å². The fourth-order valence-electron chi connectivity index (χ4n) is 3.76. The summed E-state index contributed by atoms with van der Waals surface area (Å²) in [5, 5.41) is 3.50. The highest BCUT2D eigenvalue weighted by atomic mass is 16.5. The molecule has 5 heteroatoms. The second-order valence-electron chi connectivity index (χ2n) is 6.89. The summed E-state index contributed by atoms with van der Waals surface area (Å²) in [7, 11) is 1.70. The molecule has 28 heavy (non-hydrogen) atoms. The molecule has 1 heterocycles. The van der Waals surface area contributed by atoms with Gasteiger partial charge in [0.15, 0.2) is 11.5 Å². The molecule has 1 aliphatic heterocycles. The highest BCUT2D eigenvalue weighted by Crippen LogP contribution is 2.36. The predicted octanol–water partition coefficient (Wildman–Crippen LogP) is 3.88. The first kappa shape index (κ1) is 20.5. The molecule has 1 saturated heterocycles. The third kappa shape index (κ3) is 4.97. The summed E-state index contributed by atoms with van der Waals surface area (Å²) in [6.07, 6.45) is 1.14. The minimum atomic E-state index is 0.167. The van der Waals surface area contributed by atoms with Crippen molar-refractivity contribution in [1.82, 2.24) is 10.2 Å². The average Bonchev–Trinajstić information content (AvgIpc) is 3.00. The van der Waals surface area contributed by atoms with Crippen LogP contribution in [-0.4, -0.2) is 51.4 Å². The van der Waals surface area contributed by atoms with E-state index in [-0.39, 0.29) is 6.04 Å². The van der Waals surface area contributed by atoms with Crippen LogP contribution in [0.2, 0.25) is 0 Å². The summed E-state index contributed by atoms with van der Waals surface area (Å²) in [6.45, 7) is 9.37. The first-order valence-corrected chi connectivity index (χ1v) is 10.2. The van der Waals surface area contributed by atoms with E-state index in [0.29, 0.717) is 13.2 Å². The fourth-order valence-corrected chi connectivity index (χ4v) is 3.76. The van der Waals surface area contributed by atoms with Crippen molar-refractivity contribution in [1.29, 1.82) is 0 Å². The molecule has 0 spiro atoms. The number of hydrogen-bond acceptors (Lipinski definition) is 5. The Morgan fingerprint density at radius 3 is 2.32 bits per heavy atom. The van der Waals surface area contributed by atoms with E-state index in [1.807, 2.05) is 32.0 Å². The van der Waals surface area contributed by atoms with E-state index in [1.54, 1.807) is 7.11 Å². The molecule has 3 rings (SSSR count). The zero-order valence-corrected chi connectivity index (χ0v) is 17.2. The van der Waals surface area contributed by atoms with E-state index in [1.165, 1.54) is 11.1 Å². The summed E-state index contributed by atoms with van der Waals surface area (Å²) in [6, 6.07) is 14.9. The topological polar surface area (TPSA) is 43.0 Å². The van der Waals surface area contributed by atoms with Crippen molar-refractivity contribution in [2.24, 2.45) is 0 Å². The van der Waals surface area contributed by atoms with Crippen molar-refractivity contribution in [2.75, 3.05) is 46.5 Å². The van der Waals surface area contributed by atoms with Crippen LogP contribution in [-0.2, 0) is 0 Å². The van der Waals surface area contributed by atoms with Gasteiger partial charge in [0.05, 0.1) is 26.4 Å². The minimum Gasteiger partial charge on any atom is -0.497 e. The number of nitrogens with zero attached hydrogens (tertiary/aromatic N) is 1. The van der Waals surface area contributed by atoms with E-state index >= 15 is 0 Å². The molecule has 1 unspecified atom stereocenters. The Hall–Kier alpha value is -2.24. The standard InChI is InChI=1S/C23H32N2O3/c1-4-27-21-12-9-19(17-22(21)28-5-2)23(25-15-6-13-24-14-16-25)18-7-10-20(26-3)11-8-18/h7-12,17,23-24H,4-6,13-16H2,1-3H3. The molecule has 0 radical (unpaired) electrons. The Balaban J connectivity index is 2.00. The second-order valence-corrected chi connectivity index (χ2v) is 6.89. The number of hydrogen-bond donors (Lipinski definition) is 1. The van der Waals surface area contributed by atoms with Crippen molar-refractivity contribution < 1.29 is 14.2 Å². The largest absolute Gasteiger partial charge is 0.497 e. The van der Waals surface area contributed by atoms with E-state index < -0.39 is 0 Å². The Morgan fingerprint density at radius 2 is 1.61 bits per heavy atom. The van der Waals surface area contributed by atoms with Crippen LogP contribution in [0.1, 0.15) is 37.4 Å². The van der Waals surface area contributed by atoms with Gasteiger partial charge < -0.3 is 19.5 Å². The predicted molar refractivity (Wildman–Crippen MR) is 113 cm³/mol. The molecular weight excluding hydrogens is 352 g/mol. The number of benzene rings is 2. The maximum absolute atomic E-state index is 5.89. The van der Waals surface area contributed by atoms with E-state index in [0.717, 1.165) is 49.8 Å². The van der Waals surface area contributed by atoms with Gasteiger partial charge >= 0.3 is 0 Å². The number of nitrogens with one attached hydrogen (secondary N) is 1. The average molecular weight is 385 g/mol. The maximum Gasteiger partial charge on any atom is 0.161 e. The molecule has 1 fully saturated rings. The van der Waals surface area contributed by atoms with Crippen molar-refractivity contribution in [3.63, 3.8) is 0 Å². The second kappa shape index (κ2) is 10.3. The van der Waals surface area contributed by atoms with Crippen LogP contribution in [0, 0.1) is 0 Å². The Labute approximate surface area is 168 Å². The Morgan fingerprint density at radius 1 is 0.893 bits per heavy atom. The van der Waals surface area contributed by atoms with E-state index in [2.05, 4.69) is 34.5 Å². The van der Waals surface area contributed by atoms with Gasteiger partial charge in [-0.2, -0.15) is 0 Å². The minimum absolute atomic E-state index is 0.167. The Kier molecular flexibility index (Phi) is 7.57. The zero-order valence-electron chi connectivity index (χ0n) is 17.2. The lowest BCUT2D eigenvalue weighted by Crippen LogP contribution is -2.33. The van der Waals surface area contributed by atoms with Crippen LogP contribution in [0.3, 0.4) is 0 Å². The van der Waals surface area contributed by atoms with Crippen molar-refractivity contribution in [3.8, 4) is 17.2 Å². The van der Waals surface area contributed by atoms with E-state index in [4.69, 9.17) is 14.2 Å². The number of methoxy groups -OCH3 is 1. The SMILES string of the molecule is CCOc1ccc(C(c2ccc(OC)cc2)N2CCCNCC2)cc1OCC. The molecule has 2 aromatic carbocycles. The van der Waals surface area contributed by atoms with Crippen LogP contribution in [0.4, 0.5) is 0 Å². The quantitative estimate of drug-likeness (QED) is 0.748. The highest BCUT2D eigenvalue weighted by Gasteiger charge is 2.24. The summed E-state index contributed by atoms with van der Waals surface area (Å²) >= 11 is 0. The molecule has 152 valence electrons. The van der Waals surface area contributed by atoms with Crippen LogP contribution >= 0.6 is 0 Å². The van der Waals surface area contributed by atoms with Crippen molar-refractivity contribution in [3.05, 3.63) is 53.6 Å². The molecule has 0 saturated carbocycles. The molecule has 0 aromatic heterocycles. The third-order valence-electron chi connectivity index (χ3n) is 5.05. The molecule has 0 amide bonds. The summed E-state index contributed by atoms with van der Waals surface area (Å²) in [5.74, 6) is 2.49. The maximum atomic E-state index is 5.89. The summed E-state index contributed by atoms with van der Waals surface area (Å²) in [5.41, 5.74) is 2.48. The molecule has 0 aliphatic carbocycles. The lowest BCUT2D eigenvalue weighted by atomic mass is 9.96. The fraction of sp³-hybridized carbons (Fsp3) is 0.478. The molecule has 0 bridgehead atoms. The van der Waals surface area contributed by atoms with Gasteiger partial charge in [0.2, 0.25) is 0 Å². The molecule has 1 N–H and O–H groups in total. The third-order valence-corrected chi connectivity index (χ3v) is 5.05. The summed E-state index contributed by atoms with van der Waals surface area (Å²) in [4.78, 5) is 2.55. The van der Waals surface area contributed by atoms with Gasteiger partial charge in [0.25, 0.3) is 0 Å². The highest BCUT2D eigenvalue weighted by molar-refractivity contribution is 5.46. The molecule has 1 aliphatic rings. The van der Waals surface area contributed by atoms with Gasteiger partial charge in [0.1, 0.15) is 5.75 Å². The van der Waals surface area contributed by atoms with Gasteiger partial charge in [-0.3, -0.25) is 4.90 Å². The molecular formula is C23H32N2O3. The zero-order chi connectivity index (χ0) is 19.8.